The number of methoxy groups -OCH3 is 3. The van der Waals surface area contributed by atoms with Crippen molar-refractivity contribution in [2.75, 3.05) is 45.1 Å². The average molecular weight is 562 g/mol. The standard InChI is InChI=1S/C31H35N3O7/c1-20-7-5-6-8-26(20)32-31(37)33-27-14-9-21(15-28(27)39-3)16-29(35)34-18-25(38-2)17-23(34)19-41-24-12-10-22(11-13-24)30(36)40-4/h5-15,23,25H,16-19H2,1-4H3,(H2,32,33,37)/t23-,25-/m0/s1. The Labute approximate surface area is 239 Å². The summed E-state index contributed by atoms with van der Waals surface area (Å²) < 4.78 is 21.7. The Bertz CT molecular complexity index is 1380. The van der Waals surface area contributed by atoms with E-state index >= 15 is 0 Å². The van der Waals surface area contributed by atoms with Crippen molar-refractivity contribution in [2.45, 2.75) is 31.9 Å². The maximum Gasteiger partial charge on any atom is 0.337 e. The molecule has 41 heavy (non-hydrogen) atoms. The minimum absolute atomic E-state index is 0.0701. The van der Waals surface area contributed by atoms with E-state index in [9.17, 15) is 14.4 Å². The number of anilines is 2. The predicted molar refractivity (Wildman–Crippen MR) is 155 cm³/mol. The van der Waals surface area contributed by atoms with Gasteiger partial charge in [-0.3, -0.25) is 4.79 Å². The Balaban J connectivity index is 1.38. The molecule has 2 N–H and O–H groups in total. The van der Waals surface area contributed by atoms with Crippen LogP contribution in [0.3, 0.4) is 0 Å². The highest BCUT2D eigenvalue weighted by atomic mass is 16.5. The van der Waals surface area contributed by atoms with Gasteiger partial charge >= 0.3 is 12.0 Å². The summed E-state index contributed by atoms with van der Waals surface area (Å²) in [6.45, 7) is 2.66. The fraction of sp³-hybridized carbons (Fsp3) is 0.323. The number of urea groups is 1. The van der Waals surface area contributed by atoms with Crippen LogP contribution in [-0.2, 0) is 20.7 Å². The Kier molecular flexibility index (Phi) is 9.81. The van der Waals surface area contributed by atoms with Gasteiger partial charge < -0.3 is 34.5 Å². The molecule has 0 bridgehead atoms. The smallest absolute Gasteiger partial charge is 0.337 e. The van der Waals surface area contributed by atoms with Crippen molar-refractivity contribution in [1.82, 2.24) is 4.90 Å². The van der Waals surface area contributed by atoms with Crippen molar-refractivity contribution in [2.24, 2.45) is 0 Å². The molecule has 10 nitrogen and oxygen atoms in total. The zero-order chi connectivity index (χ0) is 29.4. The number of aryl methyl sites for hydroxylation is 1. The number of amides is 3. The first kappa shape index (κ1) is 29.4. The van der Waals surface area contributed by atoms with E-state index in [1.807, 2.05) is 31.2 Å². The maximum absolute atomic E-state index is 13.4. The van der Waals surface area contributed by atoms with Gasteiger partial charge in [0.2, 0.25) is 5.91 Å². The number of para-hydroxylation sites is 1. The molecule has 1 fully saturated rings. The number of likely N-dealkylation sites (tertiary alicyclic amines) is 1. The molecule has 3 amide bonds. The van der Waals surface area contributed by atoms with Gasteiger partial charge in [0.15, 0.2) is 0 Å². The van der Waals surface area contributed by atoms with Crippen LogP contribution >= 0.6 is 0 Å². The number of carbonyl (C=O) groups is 3. The van der Waals surface area contributed by atoms with Crippen molar-refractivity contribution in [3.63, 3.8) is 0 Å². The summed E-state index contributed by atoms with van der Waals surface area (Å²) in [6.07, 6.45) is 0.694. The second-order valence-electron chi connectivity index (χ2n) is 9.73. The van der Waals surface area contributed by atoms with Crippen LogP contribution in [0, 0.1) is 6.92 Å². The molecule has 3 aromatic rings. The second kappa shape index (κ2) is 13.7. The number of hydrogen-bond acceptors (Lipinski definition) is 7. The third-order valence-electron chi connectivity index (χ3n) is 7.01. The summed E-state index contributed by atoms with van der Waals surface area (Å²) in [4.78, 5) is 39.4. The van der Waals surface area contributed by atoms with Crippen LogP contribution in [0.4, 0.5) is 16.2 Å². The molecule has 1 heterocycles. The van der Waals surface area contributed by atoms with Gasteiger partial charge in [0.05, 0.1) is 44.0 Å². The molecular formula is C31H35N3O7. The lowest BCUT2D eigenvalue weighted by Gasteiger charge is -2.25. The first-order valence-electron chi connectivity index (χ1n) is 13.2. The zero-order valence-electron chi connectivity index (χ0n) is 23.6. The summed E-state index contributed by atoms with van der Waals surface area (Å²) in [5.41, 5.74) is 3.32. The molecule has 2 atom stereocenters. The van der Waals surface area contributed by atoms with E-state index in [4.69, 9.17) is 18.9 Å². The monoisotopic (exact) mass is 561 g/mol. The normalized spacial score (nSPS) is 16.1. The Morgan fingerprint density at radius 3 is 2.34 bits per heavy atom. The fourth-order valence-electron chi connectivity index (χ4n) is 4.72. The third-order valence-corrected chi connectivity index (χ3v) is 7.01. The fourth-order valence-corrected chi connectivity index (χ4v) is 4.72. The molecule has 0 saturated carbocycles. The van der Waals surface area contributed by atoms with Crippen LogP contribution in [0.2, 0.25) is 0 Å². The second-order valence-corrected chi connectivity index (χ2v) is 9.73. The van der Waals surface area contributed by atoms with E-state index in [0.29, 0.717) is 41.4 Å². The summed E-state index contributed by atoms with van der Waals surface area (Å²) >= 11 is 0. The van der Waals surface area contributed by atoms with E-state index in [2.05, 4.69) is 10.6 Å². The van der Waals surface area contributed by atoms with Crippen LogP contribution in [0.25, 0.3) is 0 Å². The van der Waals surface area contributed by atoms with Gasteiger partial charge in [-0.1, -0.05) is 24.3 Å². The number of nitrogens with zero attached hydrogens (tertiary/aromatic N) is 1. The Morgan fingerprint density at radius 1 is 0.927 bits per heavy atom. The minimum Gasteiger partial charge on any atom is -0.495 e. The van der Waals surface area contributed by atoms with E-state index in [0.717, 1.165) is 11.1 Å². The molecule has 3 aromatic carbocycles. The van der Waals surface area contributed by atoms with Crippen LogP contribution < -0.4 is 20.1 Å². The number of ether oxygens (including phenoxy) is 4. The first-order valence-corrected chi connectivity index (χ1v) is 13.2. The van der Waals surface area contributed by atoms with E-state index < -0.39 is 12.0 Å². The van der Waals surface area contributed by atoms with Gasteiger partial charge in [0.1, 0.15) is 18.1 Å². The van der Waals surface area contributed by atoms with E-state index in [-0.39, 0.29) is 31.1 Å². The van der Waals surface area contributed by atoms with Gasteiger partial charge in [-0.05, 0) is 66.9 Å². The number of carbonyl (C=O) groups excluding carboxylic acids is 3. The summed E-state index contributed by atoms with van der Waals surface area (Å²) in [5, 5.41) is 5.64. The van der Waals surface area contributed by atoms with Gasteiger partial charge in [-0.2, -0.15) is 0 Å². The average Bonchev–Trinajstić information content (AvgIpc) is 3.41. The maximum atomic E-state index is 13.4. The molecule has 0 aliphatic carbocycles. The lowest BCUT2D eigenvalue weighted by Crippen LogP contribution is -2.40. The predicted octanol–water partition coefficient (Wildman–Crippen LogP) is 4.67. The molecular weight excluding hydrogens is 526 g/mol. The highest BCUT2D eigenvalue weighted by Gasteiger charge is 2.35. The highest BCUT2D eigenvalue weighted by molar-refractivity contribution is 6.01. The van der Waals surface area contributed by atoms with Crippen molar-refractivity contribution >= 4 is 29.3 Å². The van der Waals surface area contributed by atoms with E-state index in [1.54, 1.807) is 54.5 Å². The van der Waals surface area contributed by atoms with Crippen molar-refractivity contribution < 1.29 is 33.3 Å². The van der Waals surface area contributed by atoms with Crippen LogP contribution in [0.1, 0.15) is 27.9 Å². The first-order chi connectivity index (χ1) is 19.8. The van der Waals surface area contributed by atoms with E-state index in [1.165, 1.54) is 14.2 Å². The lowest BCUT2D eigenvalue weighted by molar-refractivity contribution is -0.132. The van der Waals surface area contributed by atoms with Gasteiger partial charge in [-0.25, -0.2) is 9.59 Å². The van der Waals surface area contributed by atoms with Crippen molar-refractivity contribution in [1.29, 1.82) is 0 Å². The molecule has 0 aromatic heterocycles. The Morgan fingerprint density at radius 2 is 1.66 bits per heavy atom. The van der Waals surface area contributed by atoms with Crippen LogP contribution in [0.15, 0.2) is 66.7 Å². The molecule has 4 rings (SSSR count). The zero-order valence-corrected chi connectivity index (χ0v) is 23.6. The van der Waals surface area contributed by atoms with Crippen molar-refractivity contribution in [3.8, 4) is 11.5 Å². The number of rotatable bonds is 10. The summed E-state index contributed by atoms with van der Waals surface area (Å²) in [6, 6.07) is 18.8. The third kappa shape index (κ3) is 7.55. The largest absolute Gasteiger partial charge is 0.495 e. The number of hydrogen-bond donors (Lipinski definition) is 2. The van der Waals surface area contributed by atoms with Gasteiger partial charge in [0.25, 0.3) is 0 Å². The van der Waals surface area contributed by atoms with Crippen molar-refractivity contribution in [3.05, 3.63) is 83.4 Å². The molecule has 1 aliphatic rings. The number of esters is 1. The minimum atomic E-state index is -0.418. The molecule has 216 valence electrons. The molecule has 0 unspecified atom stereocenters. The topological polar surface area (TPSA) is 115 Å². The Hall–Kier alpha value is -4.57. The number of benzene rings is 3. The molecule has 0 radical (unpaired) electrons. The quantitative estimate of drug-likeness (QED) is 0.346. The summed E-state index contributed by atoms with van der Waals surface area (Å²) in [5.74, 6) is 0.546. The molecule has 1 aliphatic heterocycles. The summed E-state index contributed by atoms with van der Waals surface area (Å²) in [7, 11) is 4.48. The molecule has 10 heteroatoms. The number of nitrogens with one attached hydrogen (secondary N) is 2. The SMILES string of the molecule is COC(=O)c1ccc(OC[C@@H]2C[C@H](OC)CN2C(=O)Cc2ccc(NC(=O)Nc3ccccc3C)c(OC)c2)cc1. The molecule has 0 spiro atoms. The van der Waals surface area contributed by atoms with Crippen LogP contribution in [-0.4, -0.2) is 69.4 Å². The lowest BCUT2D eigenvalue weighted by atomic mass is 10.1. The van der Waals surface area contributed by atoms with Gasteiger partial charge in [0, 0.05) is 19.3 Å². The highest BCUT2D eigenvalue weighted by Crippen LogP contribution is 2.28. The van der Waals surface area contributed by atoms with Crippen LogP contribution in [0.5, 0.6) is 11.5 Å². The van der Waals surface area contributed by atoms with Gasteiger partial charge in [-0.15, -0.1) is 0 Å². The molecule has 1 saturated heterocycles.